The Kier molecular flexibility index (Phi) is 6.65. The van der Waals surface area contributed by atoms with Gasteiger partial charge in [0.05, 0.1) is 6.10 Å². The standard InChI is InChI=1S/C25H43NO4/c1-16-7-8-20-19(14-26-22(29)30-23(2,3)4)21(10-12-24(16,20)5)25(6)11-9-18(28)13-17(25)15-27/h17-21,27-28H,1,7-15H2,2-6H3,(H,26,29)/t17-,18+,19+,20+,21+,24-,25+/m1/s1. The summed E-state index contributed by atoms with van der Waals surface area (Å²) < 4.78 is 5.51. The van der Waals surface area contributed by atoms with Crippen LogP contribution in [-0.4, -0.2) is 41.2 Å². The molecule has 5 nitrogen and oxygen atoms in total. The average molecular weight is 422 g/mol. The molecule has 0 aromatic carbocycles. The Labute approximate surface area is 182 Å². The lowest BCUT2D eigenvalue weighted by Crippen LogP contribution is -2.53. The lowest BCUT2D eigenvalue weighted by Gasteiger charge is -2.56. The highest BCUT2D eigenvalue weighted by molar-refractivity contribution is 5.67. The summed E-state index contributed by atoms with van der Waals surface area (Å²) in [6.07, 6.45) is 6.12. The molecule has 172 valence electrons. The van der Waals surface area contributed by atoms with Gasteiger partial charge in [-0.2, -0.15) is 0 Å². The van der Waals surface area contributed by atoms with Gasteiger partial charge in [0.2, 0.25) is 0 Å². The fraction of sp³-hybridized carbons (Fsp3) is 0.880. The van der Waals surface area contributed by atoms with E-state index >= 15 is 0 Å². The monoisotopic (exact) mass is 421 g/mol. The van der Waals surface area contributed by atoms with Crippen LogP contribution in [0.5, 0.6) is 0 Å². The second kappa shape index (κ2) is 8.46. The zero-order valence-corrected chi connectivity index (χ0v) is 19.7. The molecule has 3 saturated carbocycles. The van der Waals surface area contributed by atoms with E-state index in [9.17, 15) is 15.0 Å². The highest BCUT2D eigenvalue weighted by Crippen LogP contribution is 2.63. The van der Waals surface area contributed by atoms with Crippen LogP contribution in [0.2, 0.25) is 0 Å². The van der Waals surface area contributed by atoms with Crippen molar-refractivity contribution in [3.8, 4) is 0 Å². The summed E-state index contributed by atoms with van der Waals surface area (Å²) in [4.78, 5) is 12.4. The average Bonchev–Trinajstić information content (AvgIpc) is 2.95. The van der Waals surface area contributed by atoms with Crippen LogP contribution >= 0.6 is 0 Å². The van der Waals surface area contributed by atoms with Crippen molar-refractivity contribution in [1.29, 1.82) is 0 Å². The number of hydrogen-bond donors (Lipinski definition) is 3. The van der Waals surface area contributed by atoms with Crippen LogP contribution in [0.4, 0.5) is 4.79 Å². The first-order chi connectivity index (χ1) is 13.9. The lowest BCUT2D eigenvalue weighted by atomic mass is 9.49. The number of carbonyl (C=O) groups is 1. The number of rotatable bonds is 4. The zero-order valence-electron chi connectivity index (χ0n) is 19.7. The third-order valence-corrected chi connectivity index (χ3v) is 8.85. The molecule has 3 fully saturated rings. The van der Waals surface area contributed by atoms with Crippen molar-refractivity contribution in [3.05, 3.63) is 12.2 Å². The van der Waals surface area contributed by atoms with Gasteiger partial charge in [0.1, 0.15) is 5.60 Å². The highest BCUT2D eigenvalue weighted by Gasteiger charge is 2.56. The first-order valence-corrected chi connectivity index (χ1v) is 11.8. The molecular weight excluding hydrogens is 378 g/mol. The van der Waals surface area contributed by atoms with E-state index in [-0.39, 0.29) is 35.6 Å². The van der Waals surface area contributed by atoms with Crippen LogP contribution in [0.1, 0.15) is 79.6 Å². The number of fused-ring (bicyclic) bond motifs is 1. The number of allylic oxidation sites excluding steroid dienone is 1. The number of aliphatic hydroxyl groups excluding tert-OH is 2. The number of hydrogen-bond acceptors (Lipinski definition) is 4. The van der Waals surface area contributed by atoms with E-state index in [0.29, 0.717) is 30.7 Å². The molecule has 0 heterocycles. The smallest absolute Gasteiger partial charge is 0.407 e. The first kappa shape index (κ1) is 23.6. The number of alkyl carbamates (subject to hydrolysis) is 1. The van der Waals surface area contributed by atoms with Gasteiger partial charge in [-0.05, 0) is 100 Å². The summed E-state index contributed by atoms with van der Waals surface area (Å²) in [5.74, 6) is 1.32. The van der Waals surface area contributed by atoms with E-state index in [2.05, 4.69) is 25.7 Å². The first-order valence-electron chi connectivity index (χ1n) is 11.8. The fourth-order valence-electron chi connectivity index (χ4n) is 6.98. The second-order valence-electron chi connectivity index (χ2n) is 11.7. The van der Waals surface area contributed by atoms with Gasteiger partial charge in [0.15, 0.2) is 0 Å². The van der Waals surface area contributed by atoms with Gasteiger partial charge in [0.25, 0.3) is 0 Å². The Hall–Kier alpha value is -1.07. The molecule has 0 aromatic heterocycles. The summed E-state index contributed by atoms with van der Waals surface area (Å²) >= 11 is 0. The van der Waals surface area contributed by atoms with E-state index in [0.717, 1.165) is 38.5 Å². The van der Waals surface area contributed by atoms with Crippen molar-refractivity contribution in [3.63, 3.8) is 0 Å². The molecule has 0 aromatic rings. The van der Waals surface area contributed by atoms with E-state index < -0.39 is 5.60 Å². The molecular formula is C25H43NO4. The van der Waals surface area contributed by atoms with E-state index in [4.69, 9.17) is 4.74 Å². The minimum Gasteiger partial charge on any atom is -0.444 e. The molecule has 3 aliphatic rings. The molecule has 3 aliphatic carbocycles. The fourth-order valence-corrected chi connectivity index (χ4v) is 6.98. The Morgan fingerprint density at radius 3 is 2.53 bits per heavy atom. The minimum absolute atomic E-state index is 0.0283. The molecule has 0 saturated heterocycles. The lowest BCUT2D eigenvalue weighted by molar-refractivity contribution is -0.0933. The van der Waals surface area contributed by atoms with Gasteiger partial charge in [-0.15, -0.1) is 0 Å². The van der Waals surface area contributed by atoms with Gasteiger partial charge < -0.3 is 20.3 Å². The zero-order chi connectivity index (χ0) is 22.3. The molecule has 7 atom stereocenters. The minimum atomic E-state index is -0.514. The summed E-state index contributed by atoms with van der Waals surface area (Å²) in [6, 6.07) is 0. The van der Waals surface area contributed by atoms with Crippen LogP contribution in [0, 0.1) is 34.5 Å². The Morgan fingerprint density at radius 2 is 1.90 bits per heavy atom. The van der Waals surface area contributed by atoms with Crippen LogP contribution in [0.15, 0.2) is 12.2 Å². The predicted octanol–water partition coefficient (Wildman–Crippen LogP) is 4.67. The van der Waals surface area contributed by atoms with Crippen molar-refractivity contribution >= 4 is 6.09 Å². The molecule has 0 bridgehead atoms. The van der Waals surface area contributed by atoms with Gasteiger partial charge >= 0.3 is 6.09 Å². The maximum atomic E-state index is 12.4. The van der Waals surface area contributed by atoms with Gasteiger partial charge in [0, 0.05) is 13.2 Å². The van der Waals surface area contributed by atoms with Crippen LogP contribution < -0.4 is 5.32 Å². The number of carbonyl (C=O) groups excluding carboxylic acids is 1. The van der Waals surface area contributed by atoms with E-state index in [1.54, 1.807) is 0 Å². The third kappa shape index (κ3) is 4.43. The number of nitrogens with one attached hydrogen (secondary N) is 1. The summed E-state index contributed by atoms with van der Waals surface area (Å²) in [5.41, 5.74) is 0.950. The van der Waals surface area contributed by atoms with Crippen molar-refractivity contribution in [2.75, 3.05) is 13.2 Å². The topological polar surface area (TPSA) is 78.8 Å². The molecule has 3 N–H and O–H groups in total. The van der Waals surface area contributed by atoms with Crippen molar-refractivity contribution in [2.45, 2.75) is 91.3 Å². The Balaban J connectivity index is 1.85. The van der Waals surface area contributed by atoms with Crippen molar-refractivity contribution in [2.24, 2.45) is 34.5 Å². The quantitative estimate of drug-likeness (QED) is 0.577. The number of amides is 1. The van der Waals surface area contributed by atoms with Crippen molar-refractivity contribution < 1.29 is 19.7 Å². The molecule has 0 spiro atoms. The van der Waals surface area contributed by atoms with Crippen LogP contribution in [-0.2, 0) is 4.74 Å². The molecule has 5 heteroatoms. The van der Waals surface area contributed by atoms with Gasteiger partial charge in [-0.1, -0.05) is 26.0 Å². The second-order valence-corrected chi connectivity index (χ2v) is 11.7. The van der Waals surface area contributed by atoms with Gasteiger partial charge in [-0.25, -0.2) is 4.79 Å². The van der Waals surface area contributed by atoms with Crippen molar-refractivity contribution in [1.82, 2.24) is 5.32 Å². The largest absolute Gasteiger partial charge is 0.444 e. The summed E-state index contributed by atoms with van der Waals surface area (Å²) in [5, 5.41) is 23.5. The highest BCUT2D eigenvalue weighted by atomic mass is 16.6. The normalized spacial score (nSPS) is 42.0. The summed E-state index contributed by atoms with van der Waals surface area (Å²) in [7, 11) is 0. The molecule has 0 radical (unpaired) electrons. The molecule has 30 heavy (non-hydrogen) atoms. The molecule has 0 unspecified atom stereocenters. The SMILES string of the molecule is C=C1CC[C@H]2[C@H](CNC(=O)OC(C)(C)C)[C@@H]([C@@]3(C)CC[C@H](O)C[C@@H]3CO)CC[C@]12C. The van der Waals surface area contributed by atoms with Crippen LogP contribution in [0.3, 0.4) is 0 Å². The van der Waals surface area contributed by atoms with E-state index in [1.807, 2.05) is 20.8 Å². The summed E-state index contributed by atoms with van der Waals surface area (Å²) in [6.45, 7) is 15.4. The van der Waals surface area contributed by atoms with E-state index in [1.165, 1.54) is 5.57 Å². The number of aliphatic hydroxyl groups is 2. The third-order valence-electron chi connectivity index (χ3n) is 8.85. The maximum absolute atomic E-state index is 12.4. The molecule has 0 aliphatic heterocycles. The maximum Gasteiger partial charge on any atom is 0.407 e. The molecule has 1 amide bonds. The molecule has 3 rings (SSSR count). The Bertz CT molecular complexity index is 656. The Morgan fingerprint density at radius 1 is 1.20 bits per heavy atom. The van der Waals surface area contributed by atoms with Gasteiger partial charge in [-0.3, -0.25) is 0 Å². The predicted molar refractivity (Wildman–Crippen MR) is 119 cm³/mol. The number of ether oxygens (including phenoxy) is 1. The van der Waals surface area contributed by atoms with Crippen LogP contribution in [0.25, 0.3) is 0 Å².